The molecule has 2 N–H and O–H groups in total. The fraction of sp³-hybridized carbons (Fsp3) is 0.176. The molecular formula is C17H16N2Na2O8S2. The number of hydrogen-bond donors (Lipinski definition) is 2. The van der Waals surface area contributed by atoms with Gasteiger partial charge in [-0.05, 0) is 37.3 Å². The van der Waals surface area contributed by atoms with Crippen LogP contribution in [0, 0.1) is 0 Å². The number of carbonyl (C=O) groups excluding carboxylic acids is 1. The molecule has 3 rings (SSSR count). The quantitative estimate of drug-likeness (QED) is 0.453. The summed E-state index contributed by atoms with van der Waals surface area (Å²) in [6, 6.07) is 9.08. The van der Waals surface area contributed by atoms with E-state index in [1.807, 2.05) is 0 Å². The minimum atomic E-state index is -4.82. The third kappa shape index (κ3) is 6.38. The van der Waals surface area contributed by atoms with Crippen molar-refractivity contribution < 1.29 is 35.5 Å². The van der Waals surface area contributed by atoms with E-state index in [2.05, 4.69) is 5.10 Å². The Balaban J connectivity index is 0.00000240. The zero-order chi connectivity index (χ0) is 21.4. The van der Waals surface area contributed by atoms with Crippen molar-refractivity contribution in [1.29, 1.82) is 0 Å². The fourth-order valence-corrected chi connectivity index (χ4v) is 3.95. The number of benzene rings is 2. The molecule has 14 heteroatoms. The van der Waals surface area contributed by atoms with Crippen molar-refractivity contribution in [3.63, 3.8) is 0 Å². The van der Waals surface area contributed by atoms with Crippen molar-refractivity contribution in [2.24, 2.45) is 5.10 Å². The second-order valence-corrected chi connectivity index (χ2v) is 8.75. The summed E-state index contributed by atoms with van der Waals surface area (Å²) >= 11 is 0. The van der Waals surface area contributed by atoms with Crippen molar-refractivity contribution >= 4 is 96.7 Å². The third-order valence-electron chi connectivity index (χ3n) is 4.01. The van der Waals surface area contributed by atoms with Crippen LogP contribution in [0.4, 0.5) is 5.69 Å². The van der Waals surface area contributed by atoms with Crippen LogP contribution in [0.3, 0.4) is 0 Å². The van der Waals surface area contributed by atoms with Gasteiger partial charge in [-0.15, -0.1) is 0 Å². The van der Waals surface area contributed by atoms with E-state index in [1.54, 1.807) is 31.2 Å². The Hall–Kier alpha value is -0.800. The van der Waals surface area contributed by atoms with E-state index in [9.17, 15) is 30.7 Å². The second kappa shape index (κ2) is 10.9. The molecule has 1 amide bonds. The number of amides is 1. The number of nitrogens with zero attached hydrogens (tertiary/aromatic N) is 2. The van der Waals surface area contributed by atoms with Gasteiger partial charge in [0.15, 0.2) is 0 Å². The maximum absolute atomic E-state index is 12.5. The molecule has 1 aliphatic rings. The van der Waals surface area contributed by atoms with Crippen LogP contribution in [-0.2, 0) is 25.0 Å². The molecule has 156 valence electrons. The molecule has 2 aromatic carbocycles. The Morgan fingerprint density at radius 1 is 1.03 bits per heavy atom. The average Bonchev–Trinajstić information content (AvgIpc) is 3.02. The minimum Gasteiger partial charge on any atom is -0.493 e. The van der Waals surface area contributed by atoms with E-state index >= 15 is 0 Å². The topological polar surface area (TPSA) is 151 Å². The Bertz CT molecular complexity index is 1230. The van der Waals surface area contributed by atoms with Gasteiger partial charge in [-0.2, -0.15) is 26.9 Å². The molecule has 31 heavy (non-hydrogen) atoms. The predicted molar refractivity (Wildman–Crippen MR) is 114 cm³/mol. The standard InChI is InChI=1S/C17H16N2O8S2.2Na/c1-2-27-15-6-4-3-5-12(15)13-10-17(20)19(18-13)14-9-11(28(21,22)23)7-8-16(14)29(24,25)26;;/h3-9H,2,10H2,1H3,(H,21,22,23)(H,24,25,26);;. The summed E-state index contributed by atoms with van der Waals surface area (Å²) in [5.74, 6) is -0.200. The summed E-state index contributed by atoms with van der Waals surface area (Å²) in [7, 11) is -9.52. The summed E-state index contributed by atoms with van der Waals surface area (Å²) in [5.41, 5.74) is 0.263. The van der Waals surface area contributed by atoms with Crippen LogP contribution in [0.2, 0.25) is 0 Å². The Morgan fingerprint density at radius 2 is 1.68 bits per heavy atom. The molecule has 0 atom stereocenters. The number of hydrogen-bond acceptors (Lipinski definition) is 7. The summed E-state index contributed by atoms with van der Waals surface area (Å²) in [6.07, 6.45) is -0.217. The van der Waals surface area contributed by atoms with Crippen molar-refractivity contribution in [3.8, 4) is 5.75 Å². The first kappa shape index (κ1) is 28.2. The maximum Gasteiger partial charge on any atom is 0.296 e. The van der Waals surface area contributed by atoms with Crippen LogP contribution in [0.15, 0.2) is 57.4 Å². The van der Waals surface area contributed by atoms with Crippen LogP contribution < -0.4 is 9.75 Å². The van der Waals surface area contributed by atoms with Gasteiger partial charge in [-0.25, -0.2) is 0 Å². The van der Waals surface area contributed by atoms with Gasteiger partial charge in [0.05, 0.1) is 29.3 Å². The molecule has 1 heterocycles. The summed E-state index contributed by atoms with van der Waals surface area (Å²) in [5, 5.41) is 4.79. The fourth-order valence-electron chi connectivity index (χ4n) is 2.79. The van der Waals surface area contributed by atoms with Crippen molar-refractivity contribution in [2.45, 2.75) is 23.1 Å². The van der Waals surface area contributed by atoms with Crippen LogP contribution >= 0.6 is 0 Å². The molecule has 0 spiro atoms. The third-order valence-corrected chi connectivity index (χ3v) is 5.76. The van der Waals surface area contributed by atoms with Gasteiger partial charge >= 0.3 is 0 Å². The van der Waals surface area contributed by atoms with Crippen LogP contribution in [0.25, 0.3) is 0 Å². The van der Waals surface area contributed by atoms with E-state index < -0.39 is 41.6 Å². The van der Waals surface area contributed by atoms with Gasteiger partial charge < -0.3 is 4.74 Å². The number of rotatable bonds is 6. The van der Waals surface area contributed by atoms with Crippen molar-refractivity contribution in [2.75, 3.05) is 11.6 Å². The number of carbonyl (C=O) groups is 1. The first-order chi connectivity index (χ1) is 13.5. The summed E-state index contributed by atoms with van der Waals surface area (Å²) < 4.78 is 70.5. The summed E-state index contributed by atoms with van der Waals surface area (Å²) in [6.45, 7) is 2.15. The molecule has 0 fully saturated rings. The average molecular weight is 486 g/mol. The maximum atomic E-state index is 12.5. The van der Waals surface area contributed by atoms with Gasteiger partial charge in [0.2, 0.25) is 0 Å². The number of ether oxygens (including phenoxy) is 1. The monoisotopic (exact) mass is 486 g/mol. The molecule has 0 unspecified atom stereocenters. The van der Waals surface area contributed by atoms with E-state index in [0.717, 1.165) is 18.2 Å². The molecule has 2 radical (unpaired) electrons. The van der Waals surface area contributed by atoms with Crippen molar-refractivity contribution in [1.82, 2.24) is 0 Å². The zero-order valence-corrected chi connectivity index (χ0v) is 22.6. The number of anilines is 1. The predicted octanol–water partition coefficient (Wildman–Crippen LogP) is 0.958. The first-order valence-electron chi connectivity index (χ1n) is 8.24. The van der Waals surface area contributed by atoms with Crippen molar-refractivity contribution in [3.05, 3.63) is 48.0 Å². The first-order valence-corrected chi connectivity index (χ1v) is 11.1. The van der Waals surface area contributed by atoms with Crippen LogP contribution in [-0.4, -0.2) is 103 Å². The molecule has 0 aromatic heterocycles. The minimum absolute atomic E-state index is 0. The zero-order valence-electron chi connectivity index (χ0n) is 17.0. The molecule has 10 nitrogen and oxygen atoms in total. The van der Waals surface area contributed by atoms with Gasteiger partial charge in [0.25, 0.3) is 26.1 Å². The number of hydrazone groups is 1. The molecule has 0 saturated heterocycles. The van der Waals surface area contributed by atoms with E-state index in [4.69, 9.17) is 4.74 Å². The molecule has 2 aromatic rings. The SMILES string of the molecule is CCOc1ccccc1C1=NN(c2cc(S(=O)(=O)O)ccc2S(=O)(=O)O)C(=O)C1.[Na].[Na]. The molecule has 0 saturated carbocycles. The molecule has 0 bridgehead atoms. The van der Waals surface area contributed by atoms with Gasteiger partial charge in [-0.3, -0.25) is 13.9 Å². The Morgan fingerprint density at radius 3 is 2.26 bits per heavy atom. The van der Waals surface area contributed by atoms with E-state index in [0.29, 0.717) is 22.9 Å². The number of para-hydroxylation sites is 1. The van der Waals surface area contributed by atoms with Gasteiger partial charge in [0, 0.05) is 64.7 Å². The van der Waals surface area contributed by atoms with Gasteiger partial charge in [0.1, 0.15) is 10.6 Å². The molecule has 1 aliphatic heterocycles. The largest absolute Gasteiger partial charge is 0.493 e. The summed E-state index contributed by atoms with van der Waals surface area (Å²) in [4.78, 5) is 11.2. The van der Waals surface area contributed by atoms with Crippen LogP contribution in [0.5, 0.6) is 5.75 Å². The normalized spacial score (nSPS) is 13.8. The van der Waals surface area contributed by atoms with E-state index in [-0.39, 0.29) is 71.2 Å². The second-order valence-electron chi connectivity index (χ2n) is 5.94. The smallest absolute Gasteiger partial charge is 0.296 e. The van der Waals surface area contributed by atoms with Crippen LogP contribution in [0.1, 0.15) is 18.9 Å². The van der Waals surface area contributed by atoms with Gasteiger partial charge in [-0.1, -0.05) is 12.1 Å². The molecule has 0 aliphatic carbocycles. The Labute approximate surface area is 223 Å². The Kier molecular flexibility index (Phi) is 9.91. The van der Waals surface area contributed by atoms with E-state index in [1.165, 1.54) is 0 Å². The molecular weight excluding hydrogens is 470 g/mol.